The smallest absolute Gasteiger partial charge is 0.267 e. The largest absolute Gasteiger partial charge is 0.497 e. The van der Waals surface area contributed by atoms with Crippen LogP contribution >= 0.6 is 11.8 Å². The van der Waals surface area contributed by atoms with Crippen LogP contribution in [-0.4, -0.2) is 33.6 Å². The third-order valence-corrected chi connectivity index (χ3v) is 6.52. The fraction of sp³-hybridized carbons (Fsp3) is 0.115. The first-order valence-corrected chi connectivity index (χ1v) is 11.7. The molecule has 0 unspecified atom stereocenters. The standard InChI is InChI=1S/C26H22N4O4S/c1-33-19-10-8-18(9-11-19)28-26-30(15-20-5-4-12-34-20)25(32)23(35-26)13-17-14-29(16-24(27)31)22-7-3-2-6-21(17)22/h2-14H,15-16H2,1H3,(H2,27,31)/b23-13-,28-26?. The Balaban J connectivity index is 1.54. The van der Waals surface area contributed by atoms with E-state index in [1.54, 1.807) is 28.9 Å². The van der Waals surface area contributed by atoms with Crippen LogP contribution in [0.3, 0.4) is 0 Å². The van der Waals surface area contributed by atoms with E-state index in [0.29, 0.717) is 21.5 Å². The Kier molecular flexibility index (Phi) is 6.15. The van der Waals surface area contributed by atoms with Crippen molar-refractivity contribution in [3.8, 4) is 5.75 Å². The second-order valence-electron chi connectivity index (χ2n) is 7.87. The summed E-state index contributed by atoms with van der Waals surface area (Å²) in [4.78, 5) is 31.9. The topological polar surface area (TPSA) is 103 Å². The summed E-state index contributed by atoms with van der Waals surface area (Å²) in [5.74, 6) is 0.769. The number of fused-ring (bicyclic) bond motifs is 1. The number of hydrogen-bond acceptors (Lipinski definition) is 6. The zero-order valence-electron chi connectivity index (χ0n) is 18.9. The number of aliphatic imine (C=N–C) groups is 1. The summed E-state index contributed by atoms with van der Waals surface area (Å²) < 4.78 is 12.5. The van der Waals surface area contributed by atoms with Gasteiger partial charge in [-0.25, -0.2) is 4.99 Å². The lowest BCUT2D eigenvalue weighted by Gasteiger charge is -2.13. The third-order valence-electron chi connectivity index (χ3n) is 5.51. The number of furan rings is 1. The SMILES string of the molecule is COc1ccc(N=C2S/C(=C\c3cn(CC(N)=O)c4ccccc34)C(=O)N2Cc2ccco2)cc1. The number of rotatable bonds is 7. The molecule has 0 bridgehead atoms. The van der Waals surface area contributed by atoms with E-state index in [1.165, 1.54) is 11.8 Å². The van der Waals surface area contributed by atoms with Gasteiger partial charge in [0.15, 0.2) is 5.17 Å². The number of amides is 2. The summed E-state index contributed by atoms with van der Waals surface area (Å²) in [5, 5.41) is 1.47. The summed E-state index contributed by atoms with van der Waals surface area (Å²) in [6, 6.07) is 18.6. The van der Waals surface area contributed by atoms with Crippen molar-refractivity contribution in [3.63, 3.8) is 0 Å². The second kappa shape index (κ2) is 9.55. The lowest BCUT2D eigenvalue weighted by Crippen LogP contribution is -2.28. The predicted molar refractivity (Wildman–Crippen MR) is 136 cm³/mol. The van der Waals surface area contributed by atoms with Crippen LogP contribution in [0.15, 0.2) is 87.4 Å². The minimum absolute atomic E-state index is 0.0551. The lowest BCUT2D eigenvalue weighted by molar-refractivity contribution is -0.122. The molecule has 8 nitrogen and oxygen atoms in total. The van der Waals surface area contributed by atoms with E-state index >= 15 is 0 Å². The number of ether oxygens (including phenoxy) is 1. The third kappa shape index (κ3) is 4.71. The van der Waals surface area contributed by atoms with Gasteiger partial charge in [0.1, 0.15) is 18.1 Å². The molecule has 9 heteroatoms. The van der Waals surface area contributed by atoms with Gasteiger partial charge in [0.2, 0.25) is 5.91 Å². The van der Waals surface area contributed by atoms with Crippen molar-refractivity contribution in [3.05, 3.63) is 89.4 Å². The molecule has 2 aromatic heterocycles. The van der Waals surface area contributed by atoms with Gasteiger partial charge >= 0.3 is 0 Å². The fourth-order valence-corrected chi connectivity index (χ4v) is 4.88. The molecule has 1 aliphatic rings. The van der Waals surface area contributed by atoms with Gasteiger partial charge in [-0.15, -0.1) is 0 Å². The van der Waals surface area contributed by atoms with E-state index in [4.69, 9.17) is 19.9 Å². The van der Waals surface area contributed by atoms with Crippen molar-refractivity contribution < 1.29 is 18.7 Å². The van der Waals surface area contributed by atoms with Crippen molar-refractivity contribution in [2.24, 2.45) is 10.7 Å². The van der Waals surface area contributed by atoms with Crippen LogP contribution in [-0.2, 0) is 22.7 Å². The van der Waals surface area contributed by atoms with E-state index in [9.17, 15) is 9.59 Å². The normalized spacial score (nSPS) is 16.0. The molecule has 2 amide bonds. The van der Waals surface area contributed by atoms with E-state index in [1.807, 2.05) is 66.9 Å². The molecule has 0 atom stereocenters. The highest BCUT2D eigenvalue weighted by atomic mass is 32.2. The van der Waals surface area contributed by atoms with Crippen molar-refractivity contribution in [2.75, 3.05) is 7.11 Å². The molecule has 5 rings (SSSR count). The number of benzene rings is 2. The zero-order chi connectivity index (χ0) is 24.4. The highest BCUT2D eigenvalue weighted by molar-refractivity contribution is 8.18. The number of nitrogens with two attached hydrogens (primary N) is 1. The molecule has 0 radical (unpaired) electrons. The number of primary amides is 1. The monoisotopic (exact) mass is 486 g/mol. The van der Waals surface area contributed by atoms with Gasteiger partial charge in [-0.2, -0.15) is 0 Å². The number of nitrogens with zero attached hydrogens (tertiary/aromatic N) is 3. The van der Waals surface area contributed by atoms with Crippen LogP contribution in [0, 0.1) is 0 Å². The molecule has 2 aromatic carbocycles. The summed E-state index contributed by atoms with van der Waals surface area (Å²) in [6.45, 7) is 0.314. The predicted octanol–water partition coefficient (Wildman–Crippen LogP) is 4.53. The first-order valence-electron chi connectivity index (χ1n) is 10.8. The number of amidine groups is 1. The Hall–Kier alpha value is -4.24. The number of methoxy groups -OCH3 is 1. The number of carbonyl (C=O) groups excluding carboxylic acids is 2. The maximum atomic E-state index is 13.5. The Labute approximate surface area is 205 Å². The highest BCUT2D eigenvalue weighted by Gasteiger charge is 2.34. The number of para-hydroxylation sites is 1. The minimum Gasteiger partial charge on any atom is -0.497 e. The first kappa shape index (κ1) is 22.5. The maximum Gasteiger partial charge on any atom is 0.267 e. The van der Waals surface area contributed by atoms with Gasteiger partial charge in [-0.1, -0.05) is 18.2 Å². The average molecular weight is 487 g/mol. The Morgan fingerprint density at radius 3 is 2.66 bits per heavy atom. The fourth-order valence-electron chi connectivity index (χ4n) is 3.89. The van der Waals surface area contributed by atoms with Gasteiger partial charge in [0.25, 0.3) is 5.91 Å². The summed E-state index contributed by atoms with van der Waals surface area (Å²) in [6.07, 6.45) is 5.25. The van der Waals surface area contributed by atoms with Crippen LogP contribution in [0.2, 0.25) is 0 Å². The van der Waals surface area contributed by atoms with Gasteiger partial charge in [-0.3, -0.25) is 14.5 Å². The van der Waals surface area contributed by atoms with Crippen LogP contribution < -0.4 is 10.5 Å². The van der Waals surface area contributed by atoms with Crippen molar-refractivity contribution >= 4 is 51.4 Å². The minimum atomic E-state index is -0.435. The summed E-state index contributed by atoms with van der Waals surface area (Å²) in [7, 11) is 1.61. The van der Waals surface area contributed by atoms with E-state index in [2.05, 4.69) is 0 Å². The van der Waals surface area contributed by atoms with E-state index in [-0.39, 0.29) is 19.0 Å². The number of thioether (sulfide) groups is 1. The first-order chi connectivity index (χ1) is 17.0. The molecule has 176 valence electrons. The molecular weight excluding hydrogens is 464 g/mol. The van der Waals surface area contributed by atoms with E-state index < -0.39 is 5.91 Å². The molecule has 0 spiro atoms. The molecular formula is C26H22N4O4S. The maximum absolute atomic E-state index is 13.5. The average Bonchev–Trinajstić information content (AvgIpc) is 3.56. The molecule has 1 fully saturated rings. The zero-order valence-corrected chi connectivity index (χ0v) is 19.7. The number of aromatic nitrogens is 1. The molecule has 0 saturated carbocycles. The van der Waals surface area contributed by atoms with Crippen molar-refractivity contribution in [1.82, 2.24) is 9.47 Å². The molecule has 35 heavy (non-hydrogen) atoms. The Morgan fingerprint density at radius 1 is 1.14 bits per heavy atom. The molecule has 2 N–H and O–H groups in total. The van der Waals surface area contributed by atoms with Gasteiger partial charge in [-0.05, 0) is 60.3 Å². The Bertz CT molecular complexity index is 1450. The van der Waals surface area contributed by atoms with Crippen LogP contribution in [0.4, 0.5) is 5.69 Å². The lowest BCUT2D eigenvalue weighted by atomic mass is 10.1. The van der Waals surface area contributed by atoms with Crippen LogP contribution in [0.5, 0.6) is 5.75 Å². The van der Waals surface area contributed by atoms with Gasteiger partial charge in [0.05, 0.1) is 30.5 Å². The summed E-state index contributed by atoms with van der Waals surface area (Å²) in [5.41, 5.74) is 7.82. The second-order valence-corrected chi connectivity index (χ2v) is 8.88. The summed E-state index contributed by atoms with van der Waals surface area (Å²) >= 11 is 1.29. The van der Waals surface area contributed by atoms with Gasteiger partial charge < -0.3 is 19.5 Å². The van der Waals surface area contributed by atoms with Gasteiger partial charge in [0, 0.05) is 22.7 Å². The molecule has 0 aliphatic carbocycles. The van der Waals surface area contributed by atoms with Crippen LogP contribution in [0.1, 0.15) is 11.3 Å². The van der Waals surface area contributed by atoms with E-state index in [0.717, 1.165) is 22.2 Å². The van der Waals surface area contributed by atoms with Crippen molar-refractivity contribution in [1.29, 1.82) is 0 Å². The molecule has 4 aromatic rings. The molecule has 1 saturated heterocycles. The molecule has 1 aliphatic heterocycles. The van der Waals surface area contributed by atoms with Crippen molar-refractivity contribution in [2.45, 2.75) is 13.1 Å². The number of hydrogen-bond donors (Lipinski definition) is 1. The Morgan fingerprint density at radius 2 is 1.94 bits per heavy atom. The van der Waals surface area contributed by atoms with Crippen LogP contribution in [0.25, 0.3) is 17.0 Å². The number of carbonyl (C=O) groups is 2. The highest BCUT2D eigenvalue weighted by Crippen LogP contribution is 2.36. The molecule has 3 heterocycles. The quantitative estimate of drug-likeness (QED) is 0.387.